The van der Waals surface area contributed by atoms with Crippen LogP contribution in [0.1, 0.15) is 18.4 Å². The summed E-state index contributed by atoms with van der Waals surface area (Å²) >= 11 is 0. The number of nitrogens with two attached hydrogens (primary N) is 1. The Morgan fingerprint density at radius 3 is 2.39 bits per heavy atom. The number of aliphatic carboxylic acids is 2. The Kier molecular flexibility index (Phi) is 7.10. The molecule has 0 atom stereocenters. The van der Waals surface area contributed by atoms with Crippen molar-refractivity contribution in [3.05, 3.63) is 40.2 Å². The number of hydrogen-bond donors (Lipinski definition) is 3. The first-order valence-corrected chi connectivity index (χ1v) is 8.41. The maximum absolute atomic E-state index is 11.8. The van der Waals surface area contributed by atoms with Gasteiger partial charge in [-0.2, -0.15) is 0 Å². The summed E-state index contributed by atoms with van der Waals surface area (Å²) in [6, 6.07) is 5.63. The molecule has 0 amide bonds. The lowest BCUT2D eigenvalue weighted by Crippen LogP contribution is -2.34. The quantitative estimate of drug-likeness (QED) is 0.385. The van der Waals surface area contributed by atoms with Gasteiger partial charge in [0.2, 0.25) is 0 Å². The van der Waals surface area contributed by atoms with Gasteiger partial charge < -0.3 is 30.0 Å². The molecule has 4 N–H and O–H groups in total. The molecule has 0 fully saturated rings. The molecule has 2 rings (SSSR count). The number of hydrogen-bond acceptors (Lipinski definition) is 8. The number of carbonyl (C=O) groups excluding carboxylic acids is 1. The fourth-order valence-electron chi connectivity index (χ4n) is 2.58. The topological polar surface area (TPSA) is 160 Å². The Hall–Kier alpha value is -3.40. The number of carboxylic acid groups (broad SMARTS) is 2. The number of nitrogens with zero attached hydrogens (tertiary/aromatic N) is 1. The van der Waals surface area contributed by atoms with E-state index in [0.717, 1.165) is 4.90 Å². The molecule has 150 valence electrons. The average molecular weight is 392 g/mol. The molecule has 0 aliphatic rings. The molecule has 1 aromatic heterocycles. The van der Waals surface area contributed by atoms with Crippen LogP contribution in [0.15, 0.2) is 33.5 Å². The van der Waals surface area contributed by atoms with E-state index in [1.54, 1.807) is 6.07 Å². The van der Waals surface area contributed by atoms with Crippen LogP contribution in [0.2, 0.25) is 0 Å². The van der Waals surface area contributed by atoms with Gasteiger partial charge >= 0.3 is 23.5 Å². The van der Waals surface area contributed by atoms with Crippen LogP contribution >= 0.6 is 0 Å². The molecule has 0 aliphatic heterocycles. The van der Waals surface area contributed by atoms with Gasteiger partial charge in [0.15, 0.2) is 0 Å². The van der Waals surface area contributed by atoms with Gasteiger partial charge in [-0.1, -0.05) is 0 Å². The Bertz CT molecular complexity index is 921. The van der Waals surface area contributed by atoms with Crippen LogP contribution in [0.4, 0.5) is 5.69 Å². The van der Waals surface area contributed by atoms with Crippen molar-refractivity contribution >= 4 is 34.6 Å². The Morgan fingerprint density at radius 1 is 1.11 bits per heavy atom. The summed E-state index contributed by atoms with van der Waals surface area (Å²) in [4.78, 5) is 46.6. The van der Waals surface area contributed by atoms with Crippen molar-refractivity contribution in [2.24, 2.45) is 5.73 Å². The molecule has 0 spiro atoms. The molecule has 10 nitrogen and oxygen atoms in total. The largest absolute Gasteiger partial charge is 0.480 e. The van der Waals surface area contributed by atoms with E-state index in [0.29, 0.717) is 23.9 Å². The molecule has 0 bridgehead atoms. The fourth-order valence-corrected chi connectivity index (χ4v) is 2.58. The maximum Gasteiger partial charge on any atom is 0.336 e. The third kappa shape index (κ3) is 5.81. The molecular formula is C18H20N2O8. The lowest BCUT2D eigenvalue weighted by atomic mass is 10.1. The summed E-state index contributed by atoms with van der Waals surface area (Å²) in [6.07, 6.45) is 0.655. The van der Waals surface area contributed by atoms with E-state index < -0.39 is 36.6 Å². The number of benzene rings is 1. The highest BCUT2D eigenvalue weighted by Gasteiger charge is 2.16. The SMILES string of the molecule is NCCCC(=O)OCc1cc(=O)oc2cc(N(CC(=O)O)CC(=O)O)ccc12. The Labute approximate surface area is 159 Å². The second kappa shape index (κ2) is 9.51. The molecule has 28 heavy (non-hydrogen) atoms. The van der Waals surface area contributed by atoms with Crippen LogP contribution < -0.4 is 16.3 Å². The molecule has 1 aromatic carbocycles. The number of fused-ring (bicyclic) bond motifs is 1. The van der Waals surface area contributed by atoms with E-state index in [1.165, 1.54) is 18.2 Å². The van der Waals surface area contributed by atoms with Gasteiger partial charge in [0, 0.05) is 35.2 Å². The zero-order valence-electron chi connectivity index (χ0n) is 14.9. The van der Waals surface area contributed by atoms with Crippen LogP contribution in [-0.4, -0.2) is 47.8 Å². The van der Waals surface area contributed by atoms with Crippen LogP contribution in [0.3, 0.4) is 0 Å². The van der Waals surface area contributed by atoms with Gasteiger partial charge in [-0.3, -0.25) is 14.4 Å². The van der Waals surface area contributed by atoms with E-state index in [4.69, 9.17) is 25.1 Å². The number of anilines is 1. The van der Waals surface area contributed by atoms with Crippen molar-refractivity contribution < 1.29 is 33.8 Å². The third-order valence-electron chi connectivity index (χ3n) is 3.80. The highest BCUT2D eigenvalue weighted by atomic mass is 16.5. The first-order chi connectivity index (χ1) is 13.3. The second-order valence-electron chi connectivity index (χ2n) is 5.97. The highest BCUT2D eigenvalue weighted by molar-refractivity contribution is 5.86. The van der Waals surface area contributed by atoms with Crippen molar-refractivity contribution in [3.63, 3.8) is 0 Å². The van der Waals surface area contributed by atoms with E-state index in [-0.39, 0.29) is 24.3 Å². The normalized spacial score (nSPS) is 10.6. The number of esters is 1. The molecular weight excluding hydrogens is 372 g/mol. The van der Waals surface area contributed by atoms with Gasteiger partial charge in [0.05, 0.1) is 0 Å². The summed E-state index contributed by atoms with van der Waals surface area (Å²) in [5.74, 6) is -2.86. The minimum atomic E-state index is -1.21. The predicted molar refractivity (Wildman–Crippen MR) is 98.1 cm³/mol. The first kappa shape index (κ1) is 20.9. The monoisotopic (exact) mass is 392 g/mol. The minimum absolute atomic E-state index is 0.124. The van der Waals surface area contributed by atoms with Gasteiger partial charge in [0.25, 0.3) is 0 Å². The lowest BCUT2D eigenvalue weighted by molar-refractivity contribution is -0.145. The Morgan fingerprint density at radius 2 is 1.79 bits per heavy atom. The summed E-state index contributed by atoms with van der Waals surface area (Å²) in [7, 11) is 0. The molecule has 0 saturated heterocycles. The van der Waals surface area contributed by atoms with E-state index in [9.17, 15) is 19.2 Å². The average Bonchev–Trinajstić information content (AvgIpc) is 2.62. The number of carbonyl (C=O) groups is 3. The van der Waals surface area contributed by atoms with Crippen molar-refractivity contribution in [1.29, 1.82) is 0 Å². The minimum Gasteiger partial charge on any atom is -0.480 e. The van der Waals surface area contributed by atoms with Crippen LogP contribution in [0, 0.1) is 0 Å². The van der Waals surface area contributed by atoms with Crippen molar-refractivity contribution in [2.75, 3.05) is 24.5 Å². The zero-order chi connectivity index (χ0) is 20.7. The third-order valence-corrected chi connectivity index (χ3v) is 3.80. The second-order valence-corrected chi connectivity index (χ2v) is 5.97. The van der Waals surface area contributed by atoms with E-state index >= 15 is 0 Å². The molecule has 10 heteroatoms. The molecule has 0 radical (unpaired) electrons. The van der Waals surface area contributed by atoms with Crippen molar-refractivity contribution in [3.8, 4) is 0 Å². The Balaban J connectivity index is 2.32. The maximum atomic E-state index is 11.8. The smallest absolute Gasteiger partial charge is 0.336 e. The summed E-state index contributed by atoms with van der Waals surface area (Å²) < 4.78 is 10.3. The lowest BCUT2D eigenvalue weighted by Gasteiger charge is -2.21. The standard InChI is InChI=1S/C18H20N2O8/c19-5-1-2-17(25)27-10-11-6-18(26)28-14-7-12(3-4-13(11)14)20(8-15(21)22)9-16(23)24/h3-4,6-7H,1-2,5,8-10,19H2,(H,21,22)(H,23,24). The molecule has 0 aliphatic carbocycles. The zero-order valence-corrected chi connectivity index (χ0v) is 14.9. The van der Waals surface area contributed by atoms with Crippen molar-refractivity contribution in [2.45, 2.75) is 19.4 Å². The predicted octanol–water partition coefficient (Wildman–Crippen LogP) is 0.551. The molecule has 1 heterocycles. The first-order valence-electron chi connectivity index (χ1n) is 8.41. The van der Waals surface area contributed by atoms with Gasteiger partial charge in [0.1, 0.15) is 25.3 Å². The van der Waals surface area contributed by atoms with Gasteiger partial charge in [-0.15, -0.1) is 0 Å². The van der Waals surface area contributed by atoms with E-state index in [1.807, 2.05) is 0 Å². The molecule has 0 unspecified atom stereocenters. The molecule has 2 aromatic rings. The van der Waals surface area contributed by atoms with Crippen molar-refractivity contribution in [1.82, 2.24) is 0 Å². The summed E-state index contributed by atoms with van der Waals surface area (Å²) in [5.41, 5.74) is 5.46. The molecule has 0 saturated carbocycles. The number of ether oxygens (including phenoxy) is 1. The summed E-state index contributed by atoms with van der Waals surface area (Å²) in [5, 5.41) is 18.4. The van der Waals surface area contributed by atoms with E-state index in [2.05, 4.69) is 0 Å². The highest BCUT2D eigenvalue weighted by Crippen LogP contribution is 2.24. The summed E-state index contributed by atoms with van der Waals surface area (Å²) in [6.45, 7) is -0.862. The number of carboxylic acids is 2. The van der Waals surface area contributed by atoms with Crippen LogP contribution in [0.25, 0.3) is 11.0 Å². The fraction of sp³-hybridized carbons (Fsp3) is 0.333. The van der Waals surface area contributed by atoms with Gasteiger partial charge in [-0.25, -0.2) is 4.79 Å². The van der Waals surface area contributed by atoms with Crippen LogP contribution in [-0.2, 0) is 25.7 Å². The number of rotatable bonds is 10. The van der Waals surface area contributed by atoms with Crippen LogP contribution in [0.5, 0.6) is 0 Å². The van der Waals surface area contributed by atoms with Gasteiger partial charge in [-0.05, 0) is 25.1 Å².